The van der Waals surface area contributed by atoms with Gasteiger partial charge in [-0.3, -0.25) is 57.7 Å². The number of aromatic hydroxyl groups is 1. The molecule has 446 valence electrons. The number of carboxylic acid groups (broad SMARTS) is 1. The minimum Gasteiger partial charge on any atom is -0.508 e. The highest BCUT2D eigenvalue weighted by atomic mass is 16.4. The van der Waals surface area contributed by atoms with Crippen LogP contribution in [0.2, 0.25) is 0 Å². The summed E-state index contributed by atoms with van der Waals surface area (Å²) in [5.41, 5.74) is 51.1. The van der Waals surface area contributed by atoms with E-state index in [0.29, 0.717) is 50.6 Å². The van der Waals surface area contributed by atoms with E-state index in [9.17, 15) is 53.1 Å². The van der Waals surface area contributed by atoms with Gasteiger partial charge in [0, 0.05) is 19.9 Å². The SMILES string of the molecule is CC(=O)O.CC(C)C(NC(=O)C(CCCN=C(N)N)NC(=O)C(CCC(N)=O)NC(=O)C(CCCCN)NC(=O)C(N)Cc1ccc(O)cc1)C(=O)NC(CCCCN)C(=O)NC(CC(N)=O)C(=O)NC(CCCCN)C(N)=O. The van der Waals surface area contributed by atoms with Gasteiger partial charge in [-0.1, -0.05) is 26.0 Å². The second-order valence-corrected chi connectivity index (χ2v) is 19.0. The highest BCUT2D eigenvalue weighted by Crippen LogP contribution is 2.13. The van der Waals surface area contributed by atoms with Crippen molar-refractivity contribution in [2.45, 2.75) is 165 Å². The maximum absolute atomic E-state index is 14.2. The number of nitrogens with zero attached hydrogens (tertiary/aromatic N) is 1. The largest absolute Gasteiger partial charge is 0.508 e. The molecular weight excluding hydrogens is 1030 g/mol. The van der Waals surface area contributed by atoms with Gasteiger partial charge in [0.15, 0.2) is 5.96 Å². The minimum atomic E-state index is -1.60. The molecule has 1 aromatic rings. The number of carbonyl (C=O) groups is 11. The summed E-state index contributed by atoms with van der Waals surface area (Å²) in [6.45, 7) is 5.10. The number of carbonyl (C=O) groups excluding carboxylic acids is 10. The molecule has 0 saturated carbocycles. The molecular formula is C49H87N17O13. The Labute approximate surface area is 459 Å². The van der Waals surface area contributed by atoms with Gasteiger partial charge in [-0.2, -0.15) is 0 Å². The molecule has 0 spiro atoms. The van der Waals surface area contributed by atoms with E-state index in [-0.39, 0.29) is 76.3 Å². The Bertz CT molecular complexity index is 2160. The zero-order valence-electron chi connectivity index (χ0n) is 45.5. The van der Waals surface area contributed by atoms with Crippen LogP contribution in [0.4, 0.5) is 0 Å². The topological polar surface area (TPSA) is 559 Å². The van der Waals surface area contributed by atoms with Crippen molar-refractivity contribution in [3.63, 3.8) is 0 Å². The predicted octanol–water partition coefficient (Wildman–Crippen LogP) is -5.53. The summed E-state index contributed by atoms with van der Waals surface area (Å²) in [6, 6.07) is -4.78. The molecule has 8 unspecified atom stereocenters. The van der Waals surface area contributed by atoms with Crippen LogP contribution in [0.3, 0.4) is 0 Å². The second-order valence-electron chi connectivity index (χ2n) is 19.0. The number of unbranched alkanes of at least 4 members (excludes halogenated alkanes) is 3. The van der Waals surface area contributed by atoms with Crippen LogP contribution < -0.4 is 88.8 Å². The van der Waals surface area contributed by atoms with E-state index in [1.54, 1.807) is 26.0 Å². The third-order valence-electron chi connectivity index (χ3n) is 11.7. The monoisotopic (exact) mass is 1120 g/mol. The number of hydrogen-bond acceptors (Lipinski definition) is 17. The number of aliphatic imine (C=N–C) groups is 1. The van der Waals surface area contributed by atoms with E-state index < -0.39 is 132 Å². The fourth-order valence-corrected chi connectivity index (χ4v) is 7.44. The quantitative estimate of drug-likeness (QED) is 0.0166. The molecule has 10 amide bonds. The average Bonchev–Trinajstić information content (AvgIpc) is 3.36. The Morgan fingerprint density at radius 1 is 0.506 bits per heavy atom. The van der Waals surface area contributed by atoms with Gasteiger partial charge in [0.25, 0.3) is 5.97 Å². The third-order valence-corrected chi connectivity index (χ3v) is 11.7. The predicted molar refractivity (Wildman–Crippen MR) is 292 cm³/mol. The Kier molecular flexibility index (Phi) is 35.8. The lowest BCUT2D eigenvalue weighted by atomic mass is 10.00. The second kappa shape index (κ2) is 39.6. The first-order chi connectivity index (χ1) is 37.2. The summed E-state index contributed by atoms with van der Waals surface area (Å²) in [5, 5.41) is 34.9. The molecule has 0 heterocycles. The van der Waals surface area contributed by atoms with Crippen LogP contribution in [-0.2, 0) is 59.2 Å². The van der Waals surface area contributed by atoms with Gasteiger partial charge < -0.3 is 99.0 Å². The minimum absolute atomic E-state index is 0.00279. The van der Waals surface area contributed by atoms with Gasteiger partial charge in [0.2, 0.25) is 59.1 Å². The Morgan fingerprint density at radius 3 is 1.30 bits per heavy atom. The summed E-state index contributed by atoms with van der Waals surface area (Å²) in [5.74, 6) is -10.5. The van der Waals surface area contributed by atoms with Crippen LogP contribution in [0.5, 0.6) is 5.75 Å². The molecule has 8 atom stereocenters. The van der Waals surface area contributed by atoms with E-state index in [4.69, 9.17) is 61.5 Å². The molecule has 0 aromatic heterocycles. The van der Waals surface area contributed by atoms with E-state index in [2.05, 4.69) is 42.2 Å². The summed E-state index contributed by atoms with van der Waals surface area (Å²) < 4.78 is 0. The molecule has 0 radical (unpaired) electrons. The number of nitrogens with one attached hydrogen (secondary N) is 7. The molecule has 27 N–H and O–H groups in total. The van der Waals surface area contributed by atoms with Crippen molar-refractivity contribution in [2.75, 3.05) is 26.2 Å². The molecule has 0 aliphatic rings. The first-order valence-electron chi connectivity index (χ1n) is 26.0. The smallest absolute Gasteiger partial charge is 0.300 e. The summed E-state index contributed by atoms with van der Waals surface area (Å²) in [7, 11) is 0. The molecule has 1 rings (SSSR count). The maximum atomic E-state index is 14.2. The number of guanidine groups is 1. The molecule has 0 aliphatic carbocycles. The summed E-state index contributed by atoms with van der Waals surface area (Å²) >= 11 is 0. The van der Waals surface area contributed by atoms with Crippen LogP contribution in [-0.4, -0.2) is 156 Å². The van der Waals surface area contributed by atoms with Crippen LogP contribution in [0.25, 0.3) is 0 Å². The number of carboxylic acids is 1. The Hall–Kier alpha value is -7.70. The number of rotatable bonds is 39. The lowest BCUT2D eigenvalue weighted by Crippen LogP contribution is -2.61. The van der Waals surface area contributed by atoms with Crippen molar-refractivity contribution in [1.29, 1.82) is 0 Å². The van der Waals surface area contributed by atoms with E-state index in [0.717, 1.165) is 6.92 Å². The van der Waals surface area contributed by atoms with Crippen molar-refractivity contribution >= 4 is 71.0 Å². The number of primary amides is 3. The van der Waals surface area contributed by atoms with Gasteiger partial charge in [0.1, 0.15) is 48.0 Å². The van der Waals surface area contributed by atoms with E-state index >= 15 is 0 Å². The molecule has 0 fully saturated rings. The average molecular weight is 1120 g/mol. The Balaban J connectivity index is 0.0000147. The van der Waals surface area contributed by atoms with Crippen molar-refractivity contribution in [1.82, 2.24) is 37.2 Å². The molecule has 30 heteroatoms. The summed E-state index contributed by atoms with van der Waals surface area (Å²) in [4.78, 5) is 146. The molecule has 0 saturated heterocycles. The first kappa shape index (κ1) is 71.3. The van der Waals surface area contributed by atoms with Crippen LogP contribution in [0.1, 0.15) is 116 Å². The first-order valence-corrected chi connectivity index (χ1v) is 26.0. The van der Waals surface area contributed by atoms with Gasteiger partial charge in [-0.15, -0.1) is 0 Å². The highest BCUT2D eigenvalue weighted by Gasteiger charge is 2.35. The maximum Gasteiger partial charge on any atom is 0.300 e. The normalized spacial score (nSPS) is 13.8. The van der Waals surface area contributed by atoms with Crippen LogP contribution >= 0.6 is 0 Å². The van der Waals surface area contributed by atoms with Gasteiger partial charge >= 0.3 is 0 Å². The fraction of sp³-hybridized carbons (Fsp3) is 0.633. The van der Waals surface area contributed by atoms with Crippen molar-refractivity contribution in [3.05, 3.63) is 29.8 Å². The lowest BCUT2D eigenvalue weighted by Gasteiger charge is -2.29. The van der Waals surface area contributed by atoms with Crippen molar-refractivity contribution < 1.29 is 63.0 Å². The standard InChI is InChI=1S/C47H83N17O11.C2H4O2/c1-26(2)38(46(75)62-32(12-5-8-22-50)42(71)63-35(25-37(53)67)45(74)58-30(39(54)68)10-3-6-20-48)64-44(73)33(13-9-23-57-47(55)56)60-43(72)34(18-19-36(52)66)61-41(70)31(11-4-7-21-49)59-40(69)29(51)24-27-14-16-28(65)17-15-27;1-2(3)4/h14-17,26,29-35,38,65H,3-13,18-25,48-51H2,1-2H3,(H2,52,66)(H2,53,67)(H2,54,68)(H,58,74)(H,59,69)(H,60,72)(H,61,70)(H,62,75)(H,63,71)(H,64,73)(H4,55,56,57);1H3,(H,3,4). The van der Waals surface area contributed by atoms with Gasteiger partial charge in [0.05, 0.1) is 12.5 Å². The molecule has 30 nitrogen and oxygen atoms in total. The van der Waals surface area contributed by atoms with Gasteiger partial charge in [-0.05, 0) is 127 Å². The molecule has 1 aromatic carbocycles. The van der Waals surface area contributed by atoms with Gasteiger partial charge in [-0.25, -0.2) is 0 Å². The third kappa shape index (κ3) is 32.0. The summed E-state index contributed by atoms with van der Waals surface area (Å²) in [6.07, 6.45) is 1.32. The molecule has 0 aliphatic heterocycles. The molecule has 79 heavy (non-hydrogen) atoms. The van der Waals surface area contributed by atoms with Crippen molar-refractivity contribution in [3.8, 4) is 5.75 Å². The Morgan fingerprint density at radius 2 is 0.886 bits per heavy atom. The van der Waals surface area contributed by atoms with E-state index in [1.807, 2.05) is 0 Å². The number of amides is 10. The number of hydrogen-bond donors (Lipinski definition) is 18. The number of aliphatic carboxylic acids is 1. The zero-order valence-corrected chi connectivity index (χ0v) is 45.5. The van der Waals surface area contributed by atoms with E-state index in [1.165, 1.54) is 12.1 Å². The number of phenolic OH excluding ortho intramolecular Hbond substituents is 1. The fourth-order valence-electron chi connectivity index (χ4n) is 7.44. The number of phenols is 1. The molecule has 0 bridgehead atoms. The number of benzene rings is 1. The number of nitrogens with two attached hydrogens (primary N) is 9. The highest BCUT2D eigenvalue weighted by molar-refractivity contribution is 5.98. The van der Waals surface area contributed by atoms with Crippen LogP contribution in [0, 0.1) is 5.92 Å². The van der Waals surface area contributed by atoms with Crippen molar-refractivity contribution in [2.24, 2.45) is 62.5 Å². The lowest BCUT2D eigenvalue weighted by molar-refractivity contribution is -0.136. The zero-order chi connectivity index (χ0) is 60.2. The van der Waals surface area contributed by atoms with Crippen LogP contribution in [0.15, 0.2) is 29.3 Å².